The van der Waals surface area contributed by atoms with Crippen LogP contribution in [0.15, 0.2) is 36.5 Å². The lowest BCUT2D eigenvalue weighted by atomic mass is 10.1. The van der Waals surface area contributed by atoms with Gasteiger partial charge in [0.1, 0.15) is 0 Å². The van der Waals surface area contributed by atoms with Crippen molar-refractivity contribution in [1.29, 1.82) is 0 Å². The Kier molecular flexibility index (Phi) is 3.43. The monoisotopic (exact) mass is 246 g/mol. The van der Waals surface area contributed by atoms with Crippen molar-refractivity contribution < 1.29 is 14.7 Å². The van der Waals surface area contributed by atoms with Crippen molar-refractivity contribution >= 4 is 5.97 Å². The Morgan fingerprint density at radius 3 is 2.56 bits per heavy atom. The van der Waals surface area contributed by atoms with Crippen molar-refractivity contribution in [1.82, 2.24) is 9.94 Å². The van der Waals surface area contributed by atoms with Gasteiger partial charge in [-0.3, -0.25) is 0 Å². The van der Waals surface area contributed by atoms with Crippen LogP contribution < -0.4 is 4.84 Å². The van der Waals surface area contributed by atoms with Crippen molar-refractivity contribution in [3.05, 3.63) is 53.3 Å². The normalized spacial score (nSPS) is 12.2. The summed E-state index contributed by atoms with van der Waals surface area (Å²) in [5.41, 5.74) is 2.18. The minimum absolute atomic E-state index is 0.489. The first kappa shape index (κ1) is 12.3. The Labute approximate surface area is 105 Å². The Morgan fingerprint density at radius 2 is 2.00 bits per heavy atom. The molecule has 5 heteroatoms. The molecule has 1 aromatic heterocycles. The van der Waals surface area contributed by atoms with Crippen molar-refractivity contribution in [3.8, 4) is 0 Å². The van der Waals surface area contributed by atoms with Crippen LogP contribution in [-0.2, 0) is 4.79 Å². The average molecular weight is 246 g/mol. The molecule has 0 aliphatic rings. The number of nitrogens with zero attached hydrogens (tertiary/aromatic N) is 2. The molecule has 0 bridgehead atoms. The molecule has 0 saturated carbocycles. The molecule has 0 amide bonds. The van der Waals surface area contributed by atoms with Crippen LogP contribution in [0.1, 0.15) is 22.9 Å². The smallest absolute Gasteiger partial charge is 0.367 e. The van der Waals surface area contributed by atoms with E-state index in [-0.39, 0.29) is 0 Å². The van der Waals surface area contributed by atoms with Gasteiger partial charge in [-0.2, -0.15) is 0 Å². The third-order valence-electron chi connectivity index (χ3n) is 2.65. The molecule has 1 N–H and O–H groups in total. The zero-order valence-electron chi connectivity index (χ0n) is 10.2. The molecular weight excluding hydrogens is 232 g/mol. The van der Waals surface area contributed by atoms with Crippen LogP contribution in [-0.4, -0.2) is 21.0 Å². The number of carbonyl (C=O) groups excluding carboxylic acids is 1. The number of benzene rings is 1. The Balaban J connectivity index is 2.08. The molecule has 0 radical (unpaired) electrons. The number of carbonyl (C=O) groups is 1. The number of aryl methyl sites for hydroxylation is 2. The fourth-order valence-electron chi connectivity index (χ4n) is 1.47. The van der Waals surface area contributed by atoms with Gasteiger partial charge in [0.25, 0.3) is 0 Å². The van der Waals surface area contributed by atoms with Gasteiger partial charge < -0.3 is 9.94 Å². The van der Waals surface area contributed by atoms with E-state index in [1.807, 2.05) is 19.9 Å². The number of aliphatic hydroxyl groups is 1. The fraction of sp³-hybridized carbons (Fsp3) is 0.231. The van der Waals surface area contributed by atoms with E-state index in [4.69, 9.17) is 4.84 Å². The summed E-state index contributed by atoms with van der Waals surface area (Å²) in [6.07, 6.45) is 0.279. The van der Waals surface area contributed by atoms with Crippen molar-refractivity contribution in [2.75, 3.05) is 0 Å². The van der Waals surface area contributed by atoms with Crippen LogP contribution in [0.3, 0.4) is 0 Å². The Bertz CT molecular complexity index is 529. The lowest BCUT2D eigenvalue weighted by molar-refractivity contribution is -0.156. The van der Waals surface area contributed by atoms with Gasteiger partial charge in [0.2, 0.25) is 0 Å². The summed E-state index contributed by atoms with van der Waals surface area (Å²) >= 11 is 0. The molecule has 0 aliphatic carbocycles. The van der Waals surface area contributed by atoms with Crippen LogP contribution in [0.5, 0.6) is 0 Å². The molecule has 0 aliphatic heterocycles. The SMILES string of the molecule is Cc1cn(OC(=O)C(O)c2ccccc2)nc1C. The molecule has 0 fully saturated rings. The first-order chi connectivity index (χ1) is 8.58. The highest BCUT2D eigenvalue weighted by Gasteiger charge is 2.20. The summed E-state index contributed by atoms with van der Waals surface area (Å²) in [5.74, 6) is -0.760. The predicted octanol–water partition coefficient (Wildman–Crippen LogP) is 1.19. The number of aliphatic hydroxyl groups excluding tert-OH is 1. The molecule has 2 rings (SSSR count). The minimum Gasteiger partial charge on any atom is -0.377 e. The van der Waals surface area contributed by atoms with Gasteiger partial charge in [0.15, 0.2) is 6.10 Å². The largest absolute Gasteiger partial charge is 0.377 e. The summed E-state index contributed by atoms with van der Waals surface area (Å²) in [5, 5.41) is 13.8. The zero-order valence-corrected chi connectivity index (χ0v) is 10.2. The summed E-state index contributed by atoms with van der Waals surface area (Å²) < 4.78 is 0. The molecule has 1 unspecified atom stereocenters. The topological polar surface area (TPSA) is 64.3 Å². The minimum atomic E-state index is -1.31. The molecule has 1 heterocycles. The zero-order chi connectivity index (χ0) is 13.1. The first-order valence-corrected chi connectivity index (χ1v) is 5.56. The van der Waals surface area contributed by atoms with Crippen LogP contribution in [0.2, 0.25) is 0 Å². The van der Waals surface area contributed by atoms with Crippen molar-refractivity contribution in [2.45, 2.75) is 20.0 Å². The number of aromatic nitrogens is 2. The van der Waals surface area contributed by atoms with E-state index in [1.54, 1.807) is 30.5 Å². The van der Waals surface area contributed by atoms with Gasteiger partial charge in [-0.05, 0) is 25.0 Å². The second kappa shape index (κ2) is 5.01. The molecular formula is C13H14N2O3. The second-order valence-electron chi connectivity index (χ2n) is 4.02. The molecule has 2 aromatic rings. The maximum Gasteiger partial charge on any atom is 0.367 e. The summed E-state index contributed by atoms with van der Waals surface area (Å²) in [6.45, 7) is 3.67. The number of hydrogen-bond acceptors (Lipinski definition) is 4. The van der Waals surface area contributed by atoms with Crippen molar-refractivity contribution in [2.24, 2.45) is 0 Å². The maximum atomic E-state index is 11.7. The molecule has 94 valence electrons. The standard InChI is InChI=1S/C13H14N2O3/c1-9-8-15(14-10(9)2)18-13(17)12(16)11-6-4-3-5-7-11/h3-8,12,16H,1-2H3. The van der Waals surface area contributed by atoms with Gasteiger partial charge in [0, 0.05) is 0 Å². The van der Waals surface area contributed by atoms with E-state index in [0.29, 0.717) is 5.56 Å². The van der Waals surface area contributed by atoms with E-state index in [9.17, 15) is 9.90 Å². The third-order valence-corrected chi connectivity index (χ3v) is 2.65. The molecule has 0 saturated heterocycles. The molecule has 5 nitrogen and oxygen atoms in total. The highest BCUT2D eigenvalue weighted by Crippen LogP contribution is 2.12. The van der Waals surface area contributed by atoms with E-state index < -0.39 is 12.1 Å². The van der Waals surface area contributed by atoms with Crippen LogP contribution >= 0.6 is 0 Å². The first-order valence-electron chi connectivity index (χ1n) is 5.56. The predicted molar refractivity (Wildman–Crippen MR) is 64.7 cm³/mol. The van der Waals surface area contributed by atoms with Gasteiger partial charge in [-0.1, -0.05) is 35.2 Å². The molecule has 0 spiro atoms. The quantitative estimate of drug-likeness (QED) is 0.883. The molecule has 18 heavy (non-hydrogen) atoms. The van der Waals surface area contributed by atoms with Crippen LogP contribution in [0, 0.1) is 13.8 Å². The van der Waals surface area contributed by atoms with Gasteiger partial charge in [-0.15, -0.1) is 5.10 Å². The lowest BCUT2D eigenvalue weighted by Crippen LogP contribution is -2.26. The highest BCUT2D eigenvalue weighted by atomic mass is 16.7. The highest BCUT2D eigenvalue weighted by molar-refractivity contribution is 5.76. The van der Waals surface area contributed by atoms with E-state index in [2.05, 4.69) is 5.10 Å². The summed E-state index contributed by atoms with van der Waals surface area (Å²) in [6, 6.07) is 8.61. The van der Waals surface area contributed by atoms with Crippen molar-refractivity contribution in [3.63, 3.8) is 0 Å². The van der Waals surface area contributed by atoms with Crippen LogP contribution in [0.25, 0.3) is 0 Å². The number of hydrogen-bond donors (Lipinski definition) is 1. The maximum absolute atomic E-state index is 11.7. The average Bonchev–Trinajstić information content (AvgIpc) is 2.68. The summed E-state index contributed by atoms with van der Waals surface area (Å²) in [7, 11) is 0. The number of rotatable bonds is 3. The Morgan fingerprint density at radius 1 is 1.33 bits per heavy atom. The van der Waals surface area contributed by atoms with E-state index in [0.717, 1.165) is 16.1 Å². The molecule has 1 atom stereocenters. The van der Waals surface area contributed by atoms with Gasteiger partial charge in [-0.25, -0.2) is 4.79 Å². The molecule has 1 aromatic carbocycles. The third kappa shape index (κ3) is 2.57. The second-order valence-corrected chi connectivity index (χ2v) is 4.02. The Hall–Kier alpha value is -2.14. The summed E-state index contributed by atoms with van der Waals surface area (Å²) in [4.78, 5) is 17.7. The van der Waals surface area contributed by atoms with E-state index in [1.165, 1.54) is 0 Å². The van der Waals surface area contributed by atoms with E-state index >= 15 is 0 Å². The fourth-order valence-corrected chi connectivity index (χ4v) is 1.47. The van der Waals surface area contributed by atoms with Crippen LogP contribution in [0.4, 0.5) is 0 Å². The lowest BCUT2D eigenvalue weighted by Gasteiger charge is -2.09. The van der Waals surface area contributed by atoms with Gasteiger partial charge in [0.05, 0.1) is 11.9 Å². The van der Waals surface area contributed by atoms with Gasteiger partial charge >= 0.3 is 5.97 Å².